The van der Waals surface area contributed by atoms with Crippen molar-refractivity contribution in [3.63, 3.8) is 0 Å². The maximum Gasteiger partial charge on any atom is 0.124 e. The molecule has 3 rings (SSSR count). The third-order valence-electron chi connectivity index (χ3n) is 3.78. The van der Waals surface area contributed by atoms with Crippen LogP contribution in [0, 0.1) is 11.7 Å². The molecule has 1 N–H and O–H groups in total. The summed E-state index contributed by atoms with van der Waals surface area (Å²) >= 11 is 1.52. The van der Waals surface area contributed by atoms with Gasteiger partial charge in [-0.2, -0.15) is 0 Å². The molecule has 3 unspecified atom stereocenters. The normalized spacial score (nSPS) is 22.5. The fraction of sp³-hybridized carbons (Fsp3) is 0.294. The maximum atomic E-state index is 13.1. The van der Waals surface area contributed by atoms with Gasteiger partial charge in [0.1, 0.15) is 5.82 Å². The first kappa shape index (κ1) is 13.7. The first-order valence-electron chi connectivity index (χ1n) is 6.85. The summed E-state index contributed by atoms with van der Waals surface area (Å²) in [6, 6.07) is 16.9. The van der Waals surface area contributed by atoms with Gasteiger partial charge in [-0.05, 0) is 42.0 Å². The van der Waals surface area contributed by atoms with Crippen molar-refractivity contribution in [2.45, 2.75) is 23.3 Å². The average Bonchev–Trinajstić information content (AvgIpc) is 3.26. The standard InChI is InChI=1S/C17H17FOS/c18-13-7-4-8-14(9-13)20-11-17(19)16-10-15(16)12-5-2-1-3-6-12/h1-9,15-17,19H,10-11H2. The van der Waals surface area contributed by atoms with Crippen molar-refractivity contribution < 1.29 is 9.50 Å². The predicted molar refractivity (Wildman–Crippen MR) is 80.4 cm³/mol. The highest BCUT2D eigenvalue weighted by Gasteiger charge is 2.42. The molecule has 1 fully saturated rings. The molecule has 0 radical (unpaired) electrons. The summed E-state index contributed by atoms with van der Waals surface area (Å²) < 4.78 is 13.1. The monoisotopic (exact) mass is 288 g/mol. The van der Waals surface area contributed by atoms with Crippen LogP contribution in [0.5, 0.6) is 0 Å². The van der Waals surface area contributed by atoms with E-state index >= 15 is 0 Å². The van der Waals surface area contributed by atoms with Crippen LogP contribution in [0.3, 0.4) is 0 Å². The second-order valence-electron chi connectivity index (χ2n) is 5.25. The number of halogens is 1. The Kier molecular flexibility index (Phi) is 4.08. The molecule has 2 aromatic rings. The molecule has 3 atom stereocenters. The van der Waals surface area contributed by atoms with E-state index in [1.54, 1.807) is 6.07 Å². The number of thioether (sulfide) groups is 1. The molecule has 3 heteroatoms. The fourth-order valence-corrected chi connectivity index (χ4v) is 3.57. The van der Waals surface area contributed by atoms with Crippen molar-refractivity contribution >= 4 is 11.8 Å². The van der Waals surface area contributed by atoms with E-state index in [0.29, 0.717) is 17.6 Å². The smallest absolute Gasteiger partial charge is 0.124 e. The highest BCUT2D eigenvalue weighted by molar-refractivity contribution is 7.99. The van der Waals surface area contributed by atoms with E-state index < -0.39 is 0 Å². The number of aliphatic hydroxyl groups is 1. The van der Waals surface area contributed by atoms with Gasteiger partial charge in [-0.15, -0.1) is 11.8 Å². The predicted octanol–water partition coefficient (Wildman–Crippen LogP) is 4.08. The van der Waals surface area contributed by atoms with Crippen LogP contribution in [0.2, 0.25) is 0 Å². The van der Waals surface area contributed by atoms with Crippen LogP contribution in [0.1, 0.15) is 17.9 Å². The van der Waals surface area contributed by atoms with Crippen LogP contribution in [0.25, 0.3) is 0 Å². The molecule has 0 aliphatic heterocycles. The summed E-state index contributed by atoms with van der Waals surface area (Å²) in [5, 5.41) is 10.2. The Bertz CT molecular complexity index is 572. The number of hydrogen-bond donors (Lipinski definition) is 1. The van der Waals surface area contributed by atoms with Crippen LogP contribution in [-0.4, -0.2) is 17.0 Å². The summed E-state index contributed by atoms with van der Waals surface area (Å²) in [6.45, 7) is 0. The fourth-order valence-electron chi connectivity index (χ4n) is 2.59. The maximum absolute atomic E-state index is 13.1. The topological polar surface area (TPSA) is 20.2 Å². The molecule has 0 saturated heterocycles. The minimum Gasteiger partial charge on any atom is -0.392 e. The van der Waals surface area contributed by atoms with E-state index in [9.17, 15) is 9.50 Å². The molecule has 0 heterocycles. The molecule has 0 spiro atoms. The minimum atomic E-state index is -0.325. The van der Waals surface area contributed by atoms with Crippen molar-refractivity contribution in [2.75, 3.05) is 5.75 Å². The second kappa shape index (κ2) is 5.98. The lowest BCUT2D eigenvalue weighted by Gasteiger charge is -2.10. The van der Waals surface area contributed by atoms with E-state index in [-0.39, 0.29) is 11.9 Å². The van der Waals surface area contributed by atoms with Gasteiger partial charge in [0, 0.05) is 10.6 Å². The Morgan fingerprint density at radius 2 is 1.95 bits per heavy atom. The average molecular weight is 288 g/mol. The zero-order chi connectivity index (χ0) is 13.9. The summed E-state index contributed by atoms with van der Waals surface area (Å²) in [4.78, 5) is 0.876. The van der Waals surface area contributed by atoms with Crippen molar-refractivity contribution in [3.05, 3.63) is 66.0 Å². The summed E-state index contributed by atoms with van der Waals surface area (Å²) in [5.41, 5.74) is 1.31. The zero-order valence-corrected chi connectivity index (χ0v) is 11.9. The Hall–Kier alpha value is -1.32. The largest absolute Gasteiger partial charge is 0.392 e. The zero-order valence-electron chi connectivity index (χ0n) is 11.1. The lowest BCUT2D eigenvalue weighted by atomic mass is 10.1. The van der Waals surface area contributed by atoms with E-state index in [1.807, 2.05) is 24.3 Å². The lowest BCUT2D eigenvalue weighted by molar-refractivity contribution is 0.173. The van der Waals surface area contributed by atoms with Gasteiger partial charge in [-0.3, -0.25) is 0 Å². The van der Waals surface area contributed by atoms with Crippen LogP contribution >= 0.6 is 11.8 Å². The lowest BCUT2D eigenvalue weighted by Crippen LogP contribution is -2.13. The van der Waals surface area contributed by atoms with E-state index in [2.05, 4.69) is 12.1 Å². The third-order valence-corrected chi connectivity index (χ3v) is 4.87. The van der Waals surface area contributed by atoms with E-state index in [4.69, 9.17) is 0 Å². The molecule has 0 aromatic heterocycles. The second-order valence-corrected chi connectivity index (χ2v) is 6.35. The minimum absolute atomic E-state index is 0.224. The molecule has 2 aromatic carbocycles. The highest BCUT2D eigenvalue weighted by Crippen LogP contribution is 2.50. The number of hydrogen-bond acceptors (Lipinski definition) is 2. The number of benzene rings is 2. The van der Waals surface area contributed by atoms with E-state index in [1.165, 1.54) is 29.5 Å². The Morgan fingerprint density at radius 3 is 2.70 bits per heavy atom. The van der Waals surface area contributed by atoms with Crippen LogP contribution in [0.15, 0.2) is 59.5 Å². The summed E-state index contributed by atoms with van der Waals surface area (Å²) in [5.74, 6) is 1.23. The van der Waals surface area contributed by atoms with Gasteiger partial charge in [-0.1, -0.05) is 36.4 Å². The molecule has 1 aliphatic rings. The summed E-state index contributed by atoms with van der Waals surface area (Å²) in [7, 11) is 0. The first-order chi connectivity index (χ1) is 9.74. The quantitative estimate of drug-likeness (QED) is 0.837. The molecule has 0 amide bonds. The first-order valence-corrected chi connectivity index (χ1v) is 7.84. The molecule has 1 saturated carbocycles. The number of aliphatic hydroxyl groups excluding tert-OH is 1. The molecule has 0 bridgehead atoms. The molecular weight excluding hydrogens is 271 g/mol. The summed E-state index contributed by atoms with van der Waals surface area (Å²) in [6.07, 6.45) is 0.725. The van der Waals surface area contributed by atoms with Gasteiger partial charge in [0.25, 0.3) is 0 Å². The van der Waals surface area contributed by atoms with Gasteiger partial charge in [0.2, 0.25) is 0 Å². The SMILES string of the molecule is OC(CSc1cccc(F)c1)C1CC1c1ccccc1. The Labute approximate surface area is 122 Å². The van der Waals surface area contributed by atoms with Crippen molar-refractivity contribution in [1.29, 1.82) is 0 Å². The van der Waals surface area contributed by atoms with Crippen molar-refractivity contribution in [1.82, 2.24) is 0 Å². The van der Waals surface area contributed by atoms with Gasteiger partial charge in [0.15, 0.2) is 0 Å². The Balaban J connectivity index is 1.53. The molecule has 1 nitrogen and oxygen atoms in total. The highest BCUT2D eigenvalue weighted by atomic mass is 32.2. The van der Waals surface area contributed by atoms with Crippen molar-refractivity contribution in [2.24, 2.45) is 5.92 Å². The van der Waals surface area contributed by atoms with Crippen LogP contribution < -0.4 is 0 Å². The van der Waals surface area contributed by atoms with Crippen molar-refractivity contribution in [3.8, 4) is 0 Å². The van der Waals surface area contributed by atoms with E-state index in [0.717, 1.165) is 11.3 Å². The molecular formula is C17H17FOS. The Morgan fingerprint density at radius 1 is 1.15 bits per heavy atom. The van der Waals surface area contributed by atoms with Gasteiger partial charge < -0.3 is 5.11 Å². The third kappa shape index (κ3) is 3.22. The molecule has 104 valence electrons. The van der Waals surface area contributed by atoms with Crippen LogP contribution in [-0.2, 0) is 0 Å². The van der Waals surface area contributed by atoms with Gasteiger partial charge in [0.05, 0.1) is 6.10 Å². The molecule has 20 heavy (non-hydrogen) atoms. The van der Waals surface area contributed by atoms with Gasteiger partial charge in [-0.25, -0.2) is 4.39 Å². The molecule has 1 aliphatic carbocycles. The van der Waals surface area contributed by atoms with Gasteiger partial charge >= 0.3 is 0 Å². The van der Waals surface area contributed by atoms with Crippen LogP contribution in [0.4, 0.5) is 4.39 Å². The number of rotatable bonds is 5.